The molecular formula is C14H13BrO. The molecule has 2 rings (SSSR count). The van der Waals surface area contributed by atoms with E-state index in [0.29, 0.717) is 0 Å². The van der Waals surface area contributed by atoms with Gasteiger partial charge < -0.3 is 5.11 Å². The van der Waals surface area contributed by atoms with Gasteiger partial charge in [0.05, 0.1) is 6.10 Å². The van der Waals surface area contributed by atoms with Gasteiger partial charge in [-0.2, -0.15) is 0 Å². The number of aliphatic hydroxyl groups excluding tert-OH is 1. The topological polar surface area (TPSA) is 20.2 Å². The molecule has 0 spiro atoms. The van der Waals surface area contributed by atoms with E-state index in [1.54, 1.807) is 6.92 Å². The van der Waals surface area contributed by atoms with E-state index in [2.05, 4.69) is 28.1 Å². The van der Waals surface area contributed by atoms with Crippen molar-refractivity contribution in [2.45, 2.75) is 13.0 Å². The Balaban J connectivity index is 2.31. The first-order valence-corrected chi connectivity index (χ1v) is 6.00. The predicted octanol–water partition coefficient (Wildman–Crippen LogP) is 4.17. The van der Waals surface area contributed by atoms with E-state index in [1.165, 1.54) is 5.56 Å². The number of hydrogen-bond donors (Lipinski definition) is 1. The first kappa shape index (κ1) is 11.4. The number of benzene rings is 2. The van der Waals surface area contributed by atoms with Crippen LogP contribution in [0.3, 0.4) is 0 Å². The van der Waals surface area contributed by atoms with E-state index in [4.69, 9.17) is 0 Å². The van der Waals surface area contributed by atoms with Crippen molar-refractivity contribution in [1.29, 1.82) is 0 Å². The van der Waals surface area contributed by atoms with Crippen LogP contribution in [-0.2, 0) is 0 Å². The highest BCUT2D eigenvalue weighted by atomic mass is 79.9. The van der Waals surface area contributed by atoms with E-state index in [9.17, 15) is 5.11 Å². The first-order chi connectivity index (χ1) is 7.66. The van der Waals surface area contributed by atoms with Crippen LogP contribution in [-0.4, -0.2) is 5.11 Å². The molecule has 1 atom stereocenters. The smallest absolute Gasteiger partial charge is 0.0761 e. The van der Waals surface area contributed by atoms with Gasteiger partial charge in [0.25, 0.3) is 0 Å². The lowest BCUT2D eigenvalue weighted by Gasteiger charge is -2.06. The molecule has 0 saturated heterocycles. The zero-order valence-corrected chi connectivity index (χ0v) is 10.6. The zero-order chi connectivity index (χ0) is 11.5. The summed E-state index contributed by atoms with van der Waals surface area (Å²) in [4.78, 5) is 0. The molecule has 1 N–H and O–H groups in total. The molecule has 2 heteroatoms. The molecule has 2 aromatic rings. The quantitative estimate of drug-likeness (QED) is 0.873. The molecule has 0 bridgehead atoms. The molecular weight excluding hydrogens is 264 g/mol. The Morgan fingerprint density at radius 2 is 1.31 bits per heavy atom. The van der Waals surface area contributed by atoms with Crippen LogP contribution in [0.1, 0.15) is 18.6 Å². The maximum absolute atomic E-state index is 9.42. The standard InChI is InChI=1S/C14H13BrO/c1-10(16)11-2-4-12(5-3-11)13-6-8-14(15)9-7-13/h2-10,16H,1H3. The van der Waals surface area contributed by atoms with Crippen LogP contribution in [0, 0.1) is 0 Å². The molecule has 0 amide bonds. The third-order valence-corrected chi connectivity index (χ3v) is 3.10. The maximum Gasteiger partial charge on any atom is 0.0761 e. The first-order valence-electron chi connectivity index (χ1n) is 5.21. The van der Waals surface area contributed by atoms with Crippen molar-refractivity contribution in [2.75, 3.05) is 0 Å². The number of hydrogen-bond acceptors (Lipinski definition) is 1. The minimum Gasteiger partial charge on any atom is -0.389 e. The molecule has 82 valence electrons. The minimum atomic E-state index is -0.404. The van der Waals surface area contributed by atoms with Gasteiger partial charge in [0.2, 0.25) is 0 Å². The van der Waals surface area contributed by atoms with Crippen molar-refractivity contribution in [2.24, 2.45) is 0 Å². The Hall–Kier alpha value is -1.12. The van der Waals surface area contributed by atoms with Crippen molar-refractivity contribution in [3.8, 4) is 11.1 Å². The normalized spacial score (nSPS) is 12.4. The molecule has 0 saturated carbocycles. The van der Waals surface area contributed by atoms with Crippen LogP contribution in [0.2, 0.25) is 0 Å². The summed E-state index contributed by atoms with van der Waals surface area (Å²) in [6, 6.07) is 16.2. The van der Waals surface area contributed by atoms with Crippen LogP contribution in [0.5, 0.6) is 0 Å². The van der Waals surface area contributed by atoms with Crippen LogP contribution in [0.25, 0.3) is 11.1 Å². The lowest BCUT2D eigenvalue weighted by Crippen LogP contribution is -1.89. The highest BCUT2D eigenvalue weighted by molar-refractivity contribution is 9.10. The van der Waals surface area contributed by atoms with Gasteiger partial charge in [-0.25, -0.2) is 0 Å². The van der Waals surface area contributed by atoms with Gasteiger partial charge in [0.15, 0.2) is 0 Å². The van der Waals surface area contributed by atoms with Crippen LogP contribution < -0.4 is 0 Å². The van der Waals surface area contributed by atoms with Gasteiger partial charge in [-0.3, -0.25) is 0 Å². The molecule has 1 nitrogen and oxygen atoms in total. The second-order valence-electron chi connectivity index (χ2n) is 3.80. The largest absolute Gasteiger partial charge is 0.389 e. The van der Waals surface area contributed by atoms with Gasteiger partial charge >= 0.3 is 0 Å². The Labute approximate surface area is 104 Å². The summed E-state index contributed by atoms with van der Waals surface area (Å²) < 4.78 is 1.08. The molecule has 0 aliphatic heterocycles. The summed E-state index contributed by atoms with van der Waals surface area (Å²) >= 11 is 3.42. The van der Waals surface area contributed by atoms with Crippen LogP contribution in [0.4, 0.5) is 0 Å². The Morgan fingerprint density at radius 3 is 1.75 bits per heavy atom. The molecule has 0 aliphatic carbocycles. The lowest BCUT2D eigenvalue weighted by atomic mass is 10.0. The van der Waals surface area contributed by atoms with Gasteiger partial charge in [-0.1, -0.05) is 52.3 Å². The molecule has 0 aromatic heterocycles. The van der Waals surface area contributed by atoms with Crippen molar-refractivity contribution < 1.29 is 5.11 Å². The van der Waals surface area contributed by atoms with Gasteiger partial charge in [-0.05, 0) is 35.7 Å². The molecule has 0 heterocycles. The second-order valence-corrected chi connectivity index (χ2v) is 4.72. The molecule has 2 aromatic carbocycles. The van der Waals surface area contributed by atoms with Crippen LogP contribution >= 0.6 is 15.9 Å². The van der Waals surface area contributed by atoms with Gasteiger partial charge in [0, 0.05) is 4.47 Å². The summed E-state index contributed by atoms with van der Waals surface area (Å²) in [7, 11) is 0. The Morgan fingerprint density at radius 1 is 0.875 bits per heavy atom. The molecule has 0 radical (unpaired) electrons. The lowest BCUT2D eigenvalue weighted by molar-refractivity contribution is 0.199. The van der Waals surface area contributed by atoms with Crippen molar-refractivity contribution in [3.05, 3.63) is 58.6 Å². The van der Waals surface area contributed by atoms with E-state index in [0.717, 1.165) is 15.6 Å². The number of aliphatic hydroxyl groups is 1. The Kier molecular flexibility index (Phi) is 3.42. The number of halogens is 1. The van der Waals surface area contributed by atoms with Crippen molar-refractivity contribution in [1.82, 2.24) is 0 Å². The second kappa shape index (κ2) is 4.81. The SMILES string of the molecule is CC(O)c1ccc(-c2ccc(Br)cc2)cc1. The van der Waals surface area contributed by atoms with Crippen LogP contribution in [0.15, 0.2) is 53.0 Å². The zero-order valence-electron chi connectivity index (χ0n) is 9.02. The summed E-state index contributed by atoms with van der Waals surface area (Å²) in [6.45, 7) is 1.77. The summed E-state index contributed by atoms with van der Waals surface area (Å²) in [5.41, 5.74) is 3.29. The summed E-state index contributed by atoms with van der Waals surface area (Å²) in [6.07, 6.45) is -0.404. The summed E-state index contributed by atoms with van der Waals surface area (Å²) in [5, 5.41) is 9.42. The average Bonchev–Trinajstić information content (AvgIpc) is 2.30. The third-order valence-electron chi connectivity index (χ3n) is 2.57. The highest BCUT2D eigenvalue weighted by Gasteiger charge is 2.01. The molecule has 0 fully saturated rings. The van der Waals surface area contributed by atoms with Crippen molar-refractivity contribution >= 4 is 15.9 Å². The van der Waals surface area contributed by atoms with Gasteiger partial charge in [0.1, 0.15) is 0 Å². The highest BCUT2D eigenvalue weighted by Crippen LogP contribution is 2.23. The van der Waals surface area contributed by atoms with Gasteiger partial charge in [-0.15, -0.1) is 0 Å². The fraction of sp³-hybridized carbons (Fsp3) is 0.143. The average molecular weight is 277 g/mol. The molecule has 0 aliphatic rings. The third kappa shape index (κ3) is 2.52. The van der Waals surface area contributed by atoms with E-state index in [-0.39, 0.29) is 0 Å². The molecule has 16 heavy (non-hydrogen) atoms. The molecule has 1 unspecified atom stereocenters. The Bertz CT molecular complexity index is 457. The van der Waals surface area contributed by atoms with E-state index >= 15 is 0 Å². The predicted molar refractivity (Wildman–Crippen MR) is 70.2 cm³/mol. The fourth-order valence-corrected chi connectivity index (χ4v) is 1.86. The monoisotopic (exact) mass is 276 g/mol. The number of rotatable bonds is 2. The van der Waals surface area contributed by atoms with Crippen molar-refractivity contribution in [3.63, 3.8) is 0 Å². The maximum atomic E-state index is 9.42. The van der Waals surface area contributed by atoms with E-state index in [1.807, 2.05) is 36.4 Å². The summed E-state index contributed by atoms with van der Waals surface area (Å²) in [5.74, 6) is 0. The fourth-order valence-electron chi connectivity index (χ4n) is 1.60. The van der Waals surface area contributed by atoms with E-state index < -0.39 is 6.10 Å². The minimum absolute atomic E-state index is 0.404.